The molecule has 2 atom stereocenters. The fraction of sp³-hybridized carbons (Fsp3) is 0.696. The van der Waals surface area contributed by atoms with E-state index < -0.39 is 40.3 Å². The molecule has 1 saturated heterocycles. The Morgan fingerprint density at radius 1 is 1.21 bits per heavy atom. The number of hydrogen-bond acceptors (Lipinski definition) is 4. The van der Waals surface area contributed by atoms with Crippen LogP contribution in [0, 0.1) is 23.1 Å². The van der Waals surface area contributed by atoms with Crippen molar-refractivity contribution in [2.75, 3.05) is 13.1 Å². The molecule has 5 aliphatic rings. The number of halogens is 4. The summed E-state index contributed by atoms with van der Waals surface area (Å²) in [5.74, 6) is -1.73. The highest BCUT2D eigenvalue weighted by Crippen LogP contribution is 2.96. The molecule has 1 spiro atoms. The summed E-state index contributed by atoms with van der Waals surface area (Å²) >= 11 is 0. The number of nitrogens with one attached hydrogen (secondary N) is 1. The molecule has 2 bridgehead atoms. The fourth-order valence-corrected chi connectivity index (χ4v) is 6.97. The number of carbonyl (C=O) groups excluding carboxylic acids is 1. The number of alkyl halides is 3. The molecule has 0 aromatic carbocycles. The third-order valence-electron chi connectivity index (χ3n) is 8.24. The van der Waals surface area contributed by atoms with Crippen LogP contribution in [0.2, 0.25) is 0 Å². The van der Waals surface area contributed by atoms with Crippen molar-refractivity contribution in [3.63, 3.8) is 0 Å². The minimum Gasteiger partial charge on any atom is -0.444 e. The van der Waals surface area contributed by atoms with E-state index in [9.17, 15) is 22.4 Å². The molecule has 178 valence electrons. The summed E-state index contributed by atoms with van der Waals surface area (Å²) < 4.78 is 60.4. The molecule has 6 nitrogen and oxygen atoms in total. The first-order chi connectivity index (χ1) is 15.4. The molecule has 2 unspecified atom stereocenters. The molecular formula is C23H26F4N4O2. The van der Waals surface area contributed by atoms with Crippen LogP contribution in [0.1, 0.15) is 63.8 Å². The van der Waals surface area contributed by atoms with E-state index in [0.29, 0.717) is 61.3 Å². The molecule has 5 fully saturated rings. The van der Waals surface area contributed by atoms with Crippen LogP contribution in [0.25, 0.3) is 11.2 Å². The van der Waals surface area contributed by atoms with Crippen molar-refractivity contribution in [2.45, 2.75) is 69.6 Å². The van der Waals surface area contributed by atoms with Crippen LogP contribution in [0.3, 0.4) is 0 Å². The lowest BCUT2D eigenvalue weighted by Gasteiger charge is -2.59. The number of ether oxygens (including phenoxy) is 1. The molecule has 10 heteroatoms. The number of imidazole rings is 1. The topological polar surface area (TPSA) is 71.1 Å². The van der Waals surface area contributed by atoms with Gasteiger partial charge in [0.15, 0.2) is 5.65 Å². The maximum Gasteiger partial charge on any atom is 0.410 e. The van der Waals surface area contributed by atoms with Crippen LogP contribution < -0.4 is 0 Å². The highest BCUT2D eigenvalue weighted by Gasteiger charge is 2.97. The van der Waals surface area contributed by atoms with Gasteiger partial charge < -0.3 is 14.6 Å². The Labute approximate surface area is 188 Å². The lowest BCUT2D eigenvalue weighted by Crippen LogP contribution is -2.58. The van der Waals surface area contributed by atoms with Crippen molar-refractivity contribution in [3.05, 3.63) is 23.4 Å². The zero-order chi connectivity index (χ0) is 23.6. The SMILES string of the molecule is CC(C)(C)OC(=O)N1CCC(c2c(F)cnc3nc(C45CC6(C4)C(C(F)(F)F)C56)[nH]c23)CC1. The van der Waals surface area contributed by atoms with E-state index in [4.69, 9.17) is 4.74 Å². The number of H-pyrrole nitrogens is 1. The van der Waals surface area contributed by atoms with Gasteiger partial charge in [0.1, 0.15) is 17.2 Å². The average molecular weight is 466 g/mol. The van der Waals surface area contributed by atoms with E-state index in [1.165, 1.54) is 0 Å². The van der Waals surface area contributed by atoms with Crippen molar-refractivity contribution in [1.82, 2.24) is 19.9 Å². The number of aromatic nitrogens is 3. The minimum absolute atomic E-state index is 0.147. The summed E-state index contributed by atoms with van der Waals surface area (Å²) in [4.78, 5) is 25.8. The highest BCUT2D eigenvalue weighted by atomic mass is 19.4. The lowest BCUT2D eigenvalue weighted by molar-refractivity contribution is -0.156. The van der Waals surface area contributed by atoms with Gasteiger partial charge in [-0.05, 0) is 63.7 Å². The van der Waals surface area contributed by atoms with Gasteiger partial charge in [-0.25, -0.2) is 19.2 Å². The highest BCUT2D eigenvalue weighted by molar-refractivity contribution is 5.77. The number of carbonyl (C=O) groups is 1. The van der Waals surface area contributed by atoms with Crippen molar-refractivity contribution in [1.29, 1.82) is 0 Å². The van der Waals surface area contributed by atoms with Gasteiger partial charge >= 0.3 is 12.3 Å². The van der Waals surface area contributed by atoms with E-state index in [0.717, 1.165) is 6.20 Å². The van der Waals surface area contributed by atoms with Crippen LogP contribution in [0.15, 0.2) is 6.20 Å². The summed E-state index contributed by atoms with van der Waals surface area (Å²) in [6, 6.07) is 0. The van der Waals surface area contributed by atoms with E-state index >= 15 is 0 Å². The molecule has 1 amide bonds. The molecule has 33 heavy (non-hydrogen) atoms. The Balaban J connectivity index is 1.24. The summed E-state index contributed by atoms with van der Waals surface area (Å²) in [7, 11) is 0. The van der Waals surface area contributed by atoms with Crippen LogP contribution in [-0.4, -0.2) is 50.8 Å². The van der Waals surface area contributed by atoms with E-state index in [1.807, 2.05) is 20.8 Å². The minimum atomic E-state index is -4.17. The first-order valence-corrected chi connectivity index (χ1v) is 11.4. The molecule has 3 heterocycles. The number of pyridine rings is 1. The number of nitrogens with zero attached hydrogens (tertiary/aromatic N) is 3. The normalized spacial score (nSPS) is 33.4. The molecule has 2 aromatic rings. The van der Waals surface area contributed by atoms with Gasteiger partial charge in [0.05, 0.1) is 17.6 Å². The second kappa shape index (κ2) is 6.18. The van der Waals surface area contributed by atoms with Crippen LogP contribution in [-0.2, 0) is 10.2 Å². The predicted molar refractivity (Wildman–Crippen MR) is 110 cm³/mol. The van der Waals surface area contributed by atoms with Crippen LogP contribution >= 0.6 is 0 Å². The van der Waals surface area contributed by atoms with Crippen molar-refractivity contribution in [2.24, 2.45) is 17.3 Å². The number of fused-ring (bicyclic) bond motifs is 1. The van der Waals surface area contributed by atoms with E-state index in [-0.39, 0.29) is 12.0 Å². The molecule has 1 N–H and O–H groups in total. The third kappa shape index (κ3) is 2.81. The van der Waals surface area contributed by atoms with Crippen molar-refractivity contribution in [3.8, 4) is 0 Å². The molecule has 2 aromatic heterocycles. The Morgan fingerprint density at radius 2 is 1.88 bits per heavy atom. The van der Waals surface area contributed by atoms with Crippen LogP contribution in [0.4, 0.5) is 22.4 Å². The maximum absolute atomic E-state index is 14.9. The largest absolute Gasteiger partial charge is 0.444 e. The predicted octanol–water partition coefficient (Wildman–Crippen LogP) is 5.05. The molecule has 7 rings (SSSR count). The van der Waals surface area contributed by atoms with E-state index in [1.54, 1.807) is 4.90 Å². The van der Waals surface area contributed by atoms with Crippen molar-refractivity contribution < 1.29 is 27.1 Å². The van der Waals surface area contributed by atoms with Gasteiger partial charge in [-0.3, -0.25) is 0 Å². The number of hydrogen-bond donors (Lipinski definition) is 1. The summed E-state index contributed by atoms with van der Waals surface area (Å²) in [5, 5.41) is 0. The van der Waals surface area contributed by atoms with Crippen molar-refractivity contribution >= 4 is 17.3 Å². The van der Waals surface area contributed by atoms with Gasteiger partial charge in [0.2, 0.25) is 0 Å². The zero-order valence-electron chi connectivity index (χ0n) is 18.7. The van der Waals surface area contributed by atoms with Gasteiger partial charge in [-0.15, -0.1) is 0 Å². The molecule has 1 aliphatic heterocycles. The quantitative estimate of drug-likeness (QED) is 0.629. The number of likely N-dealkylation sites (tertiary alicyclic amines) is 1. The van der Waals surface area contributed by atoms with Gasteiger partial charge in [0, 0.05) is 24.1 Å². The molecule has 0 radical (unpaired) electrons. The molecular weight excluding hydrogens is 440 g/mol. The Morgan fingerprint density at radius 3 is 2.45 bits per heavy atom. The standard InChI is InChI=1S/C23H26F4N4O2/c1-20(2,3)33-19(32)31-6-4-11(5-7-31)13-12(24)8-28-17-14(13)29-18(30-17)22-9-21(10-22)15(22)16(21)23(25,26)27/h8,11,15-16H,4-7,9-10H2,1-3H3,(H,28,29,30). The third-order valence-corrected chi connectivity index (χ3v) is 8.24. The summed E-state index contributed by atoms with van der Waals surface area (Å²) in [5.41, 5.74) is -0.451. The molecule has 4 aliphatic carbocycles. The van der Waals surface area contributed by atoms with Gasteiger partial charge in [-0.2, -0.15) is 13.2 Å². The Kier molecular flexibility index (Phi) is 3.97. The number of rotatable bonds is 2. The number of piperidine rings is 1. The first-order valence-electron chi connectivity index (χ1n) is 11.4. The maximum atomic E-state index is 14.9. The second-order valence-electron chi connectivity index (χ2n) is 11.3. The smallest absolute Gasteiger partial charge is 0.410 e. The Hall–Kier alpha value is -2.39. The lowest BCUT2D eigenvalue weighted by atomic mass is 9.44. The second-order valence-corrected chi connectivity index (χ2v) is 11.3. The molecule has 4 saturated carbocycles. The fourth-order valence-electron chi connectivity index (χ4n) is 6.97. The summed E-state index contributed by atoms with van der Waals surface area (Å²) in [6.07, 6.45) is -1.34. The average Bonchev–Trinajstić information content (AvgIpc) is 2.93. The first kappa shape index (κ1) is 21.2. The summed E-state index contributed by atoms with van der Waals surface area (Å²) in [6.45, 7) is 6.30. The van der Waals surface area contributed by atoms with Gasteiger partial charge in [-0.1, -0.05) is 0 Å². The van der Waals surface area contributed by atoms with E-state index in [2.05, 4.69) is 15.0 Å². The number of aromatic amines is 1. The Bertz CT molecular complexity index is 1150. The van der Waals surface area contributed by atoms with Gasteiger partial charge in [0.25, 0.3) is 0 Å². The number of amides is 1. The van der Waals surface area contributed by atoms with Crippen LogP contribution in [0.5, 0.6) is 0 Å². The zero-order valence-corrected chi connectivity index (χ0v) is 18.7. The monoisotopic (exact) mass is 466 g/mol.